The second-order valence-corrected chi connectivity index (χ2v) is 3.36. The maximum absolute atomic E-state index is 12.4. The fourth-order valence-corrected chi connectivity index (χ4v) is 1.03. The molecule has 0 radical (unpaired) electrons. The van der Waals surface area contributed by atoms with Gasteiger partial charge in [0.05, 0.1) is 6.61 Å². The van der Waals surface area contributed by atoms with E-state index in [-0.39, 0.29) is 13.0 Å². The van der Waals surface area contributed by atoms with Gasteiger partial charge in [0.15, 0.2) is 0 Å². The molecule has 0 aliphatic carbocycles. The average Bonchev–Trinajstić information content (AvgIpc) is 2.16. The standard InChI is InChI=1S/C11H12F2O2/c1-11(12,13)5-6-15-10-4-2-3-9(7-10)8-14/h2-4,7-8H,5-6H2,1H3. The summed E-state index contributed by atoms with van der Waals surface area (Å²) < 4.78 is 30.0. The van der Waals surface area contributed by atoms with Crippen molar-refractivity contribution in [3.63, 3.8) is 0 Å². The minimum atomic E-state index is -2.72. The fourth-order valence-electron chi connectivity index (χ4n) is 1.03. The monoisotopic (exact) mass is 214 g/mol. The third-order valence-electron chi connectivity index (χ3n) is 1.80. The molecule has 0 heterocycles. The largest absolute Gasteiger partial charge is 0.493 e. The summed E-state index contributed by atoms with van der Waals surface area (Å²) in [6.07, 6.45) is 0.347. The average molecular weight is 214 g/mol. The number of benzene rings is 1. The van der Waals surface area contributed by atoms with Crippen molar-refractivity contribution in [3.05, 3.63) is 29.8 Å². The van der Waals surface area contributed by atoms with Crippen LogP contribution >= 0.6 is 0 Å². The van der Waals surface area contributed by atoms with Crippen molar-refractivity contribution in [3.8, 4) is 5.75 Å². The number of alkyl halides is 2. The zero-order valence-corrected chi connectivity index (χ0v) is 8.37. The van der Waals surface area contributed by atoms with Crippen molar-refractivity contribution in [2.24, 2.45) is 0 Å². The molecule has 0 bridgehead atoms. The summed E-state index contributed by atoms with van der Waals surface area (Å²) >= 11 is 0. The van der Waals surface area contributed by atoms with E-state index in [1.165, 1.54) is 6.07 Å². The molecule has 0 aliphatic heterocycles. The summed E-state index contributed by atoms with van der Waals surface area (Å²) in [5.74, 6) is -2.29. The highest BCUT2D eigenvalue weighted by Gasteiger charge is 2.20. The van der Waals surface area contributed by atoms with Crippen molar-refractivity contribution >= 4 is 6.29 Å². The van der Waals surface area contributed by atoms with Crippen molar-refractivity contribution in [1.29, 1.82) is 0 Å². The van der Waals surface area contributed by atoms with Crippen LogP contribution in [0.5, 0.6) is 5.75 Å². The van der Waals surface area contributed by atoms with Gasteiger partial charge in [-0.3, -0.25) is 4.79 Å². The molecule has 0 spiro atoms. The molecule has 0 saturated carbocycles. The summed E-state index contributed by atoms with van der Waals surface area (Å²) in [5, 5.41) is 0. The van der Waals surface area contributed by atoms with Gasteiger partial charge < -0.3 is 4.74 Å². The molecule has 2 nitrogen and oxygen atoms in total. The summed E-state index contributed by atoms with van der Waals surface area (Å²) in [4.78, 5) is 10.4. The Kier molecular flexibility index (Phi) is 3.77. The second kappa shape index (κ2) is 4.87. The SMILES string of the molecule is CC(F)(F)CCOc1cccc(C=O)c1. The molecule has 1 aromatic rings. The molecule has 82 valence electrons. The van der Waals surface area contributed by atoms with Gasteiger partial charge in [-0.05, 0) is 19.1 Å². The van der Waals surface area contributed by atoms with Crippen molar-refractivity contribution in [2.75, 3.05) is 6.61 Å². The maximum atomic E-state index is 12.4. The van der Waals surface area contributed by atoms with Gasteiger partial charge in [0.25, 0.3) is 0 Å². The highest BCUT2D eigenvalue weighted by molar-refractivity contribution is 5.75. The topological polar surface area (TPSA) is 26.3 Å². The van der Waals surface area contributed by atoms with Crippen LogP contribution in [-0.2, 0) is 0 Å². The van der Waals surface area contributed by atoms with E-state index in [0.29, 0.717) is 17.6 Å². The van der Waals surface area contributed by atoms with Gasteiger partial charge in [-0.25, -0.2) is 8.78 Å². The minimum Gasteiger partial charge on any atom is -0.493 e. The van der Waals surface area contributed by atoms with Crippen LogP contribution in [0.15, 0.2) is 24.3 Å². The Morgan fingerprint density at radius 3 is 2.80 bits per heavy atom. The van der Waals surface area contributed by atoms with Gasteiger partial charge in [0.2, 0.25) is 5.92 Å². The lowest BCUT2D eigenvalue weighted by molar-refractivity contribution is 0.000850. The number of aldehydes is 1. The van der Waals surface area contributed by atoms with E-state index in [4.69, 9.17) is 4.74 Å². The van der Waals surface area contributed by atoms with E-state index in [1.54, 1.807) is 18.2 Å². The first-order valence-electron chi connectivity index (χ1n) is 4.57. The van der Waals surface area contributed by atoms with Crippen LogP contribution in [0.2, 0.25) is 0 Å². The number of ether oxygens (including phenoxy) is 1. The molecule has 1 aromatic carbocycles. The Morgan fingerprint density at radius 1 is 1.47 bits per heavy atom. The van der Waals surface area contributed by atoms with Gasteiger partial charge in [-0.1, -0.05) is 12.1 Å². The lowest BCUT2D eigenvalue weighted by atomic mass is 10.2. The Bertz CT molecular complexity index is 332. The van der Waals surface area contributed by atoms with Gasteiger partial charge in [0, 0.05) is 12.0 Å². The number of carbonyl (C=O) groups is 1. The molecule has 4 heteroatoms. The molecule has 0 unspecified atom stereocenters. The van der Waals surface area contributed by atoms with E-state index in [1.807, 2.05) is 0 Å². The molecule has 0 aliphatic rings. The Balaban J connectivity index is 2.47. The van der Waals surface area contributed by atoms with Crippen molar-refractivity contribution in [2.45, 2.75) is 19.3 Å². The molecule has 0 atom stereocenters. The van der Waals surface area contributed by atoms with Crippen LogP contribution in [0.1, 0.15) is 23.7 Å². The fraction of sp³-hybridized carbons (Fsp3) is 0.364. The zero-order chi connectivity index (χ0) is 11.3. The van der Waals surface area contributed by atoms with Crippen LogP contribution in [-0.4, -0.2) is 18.8 Å². The summed E-state index contributed by atoms with van der Waals surface area (Å²) in [6.45, 7) is 0.782. The van der Waals surface area contributed by atoms with Crippen molar-refractivity contribution < 1.29 is 18.3 Å². The Morgan fingerprint density at radius 2 is 2.20 bits per heavy atom. The highest BCUT2D eigenvalue weighted by atomic mass is 19.3. The van der Waals surface area contributed by atoms with Crippen LogP contribution in [0.25, 0.3) is 0 Å². The second-order valence-electron chi connectivity index (χ2n) is 3.36. The lowest BCUT2D eigenvalue weighted by Crippen LogP contribution is -2.14. The number of rotatable bonds is 5. The quantitative estimate of drug-likeness (QED) is 0.704. The van der Waals surface area contributed by atoms with E-state index in [2.05, 4.69) is 0 Å². The molecule has 1 rings (SSSR count). The van der Waals surface area contributed by atoms with Gasteiger partial charge in [-0.15, -0.1) is 0 Å². The van der Waals surface area contributed by atoms with Crippen molar-refractivity contribution in [1.82, 2.24) is 0 Å². The van der Waals surface area contributed by atoms with Crippen LogP contribution < -0.4 is 4.74 Å². The summed E-state index contributed by atoms with van der Waals surface area (Å²) in [6, 6.07) is 6.40. The highest BCUT2D eigenvalue weighted by Crippen LogP contribution is 2.18. The molecular formula is C11H12F2O2. The van der Waals surface area contributed by atoms with Crippen LogP contribution in [0.3, 0.4) is 0 Å². The predicted octanol–water partition coefficient (Wildman–Crippen LogP) is 2.92. The third-order valence-corrected chi connectivity index (χ3v) is 1.80. The van der Waals surface area contributed by atoms with Gasteiger partial charge >= 0.3 is 0 Å². The summed E-state index contributed by atoms with van der Waals surface area (Å²) in [5.41, 5.74) is 0.468. The molecule has 0 aromatic heterocycles. The molecule has 0 saturated heterocycles. The minimum absolute atomic E-state index is 0.0637. The number of hydrogen-bond donors (Lipinski definition) is 0. The van der Waals surface area contributed by atoms with E-state index >= 15 is 0 Å². The Hall–Kier alpha value is -1.45. The first kappa shape index (κ1) is 11.6. The van der Waals surface area contributed by atoms with E-state index in [0.717, 1.165) is 6.92 Å². The third kappa shape index (κ3) is 4.54. The number of halogens is 2. The van der Waals surface area contributed by atoms with Gasteiger partial charge in [0.1, 0.15) is 12.0 Å². The molecule has 15 heavy (non-hydrogen) atoms. The Labute approximate surface area is 86.9 Å². The molecular weight excluding hydrogens is 202 g/mol. The molecule has 0 amide bonds. The molecule has 0 N–H and O–H groups in total. The zero-order valence-electron chi connectivity index (χ0n) is 8.37. The van der Waals surface area contributed by atoms with Crippen LogP contribution in [0, 0.1) is 0 Å². The first-order chi connectivity index (χ1) is 7.01. The van der Waals surface area contributed by atoms with Gasteiger partial charge in [-0.2, -0.15) is 0 Å². The van der Waals surface area contributed by atoms with E-state index < -0.39 is 5.92 Å². The van der Waals surface area contributed by atoms with E-state index in [9.17, 15) is 13.6 Å². The normalized spacial score (nSPS) is 11.1. The lowest BCUT2D eigenvalue weighted by Gasteiger charge is -2.11. The number of hydrogen-bond acceptors (Lipinski definition) is 2. The number of carbonyl (C=O) groups excluding carboxylic acids is 1. The first-order valence-corrected chi connectivity index (χ1v) is 4.57. The maximum Gasteiger partial charge on any atom is 0.248 e. The smallest absolute Gasteiger partial charge is 0.248 e. The predicted molar refractivity (Wildman–Crippen MR) is 52.6 cm³/mol. The van der Waals surface area contributed by atoms with Crippen LogP contribution in [0.4, 0.5) is 8.78 Å². The molecule has 0 fully saturated rings. The summed E-state index contributed by atoms with van der Waals surface area (Å²) in [7, 11) is 0.